The van der Waals surface area contributed by atoms with Gasteiger partial charge in [-0.25, -0.2) is 4.79 Å². The van der Waals surface area contributed by atoms with Crippen molar-refractivity contribution in [1.82, 2.24) is 0 Å². The van der Waals surface area contributed by atoms with Gasteiger partial charge in [-0.15, -0.1) is 0 Å². The smallest absolute Gasteiger partial charge is 0.405 e. The summed E-state index contributed by atoms with van der Waals surface area (Å²) < 4.78 is 5.25. The van der Waals surface area contributed by atoms with E-state index in [1.54, 1.807) is 12.1 Å². The maximum atomic E-state index is 12.1. The Hall–Kier alpha value is -3.22. The van der Waals surface area contributed by atoms with Crippen molar-refractivity contribution in [2.24, 2.45) is 0 Å². The van der Waals surface area contributed by atoms with Gasteiger partial charge in [0.1, 0.15) is 0 Å². The number of ether oxygens (including phenoxy) is 1. The van der Waals surface area contributed by atoms with Gasteiger partial charge in [-0.2, -0.15) is 4.73 Å². The van der Waals surface area contributed by atoms with Crippen LogP contribution in [0.25, 0.3) is 0 Å². The third-order valence-corrected chi connectivity index (χ3v) is 3.34. The Balaban J connectivity index is 1.91. The number of Topliss-reactive ketones (excluding diaryl/α,β-unsaturated/α-hetero) is 1. The summed E-state index contributed by atoms with van der Waals surface area (Å²) in [5.41, 5.74) is 0.734. The molecule has 0 radical (unpaired) electrons. The molecule has 2 rings (SSSR count). The number of anilines is 1. The molecule has 1 aromatic heterocycles. The van der Waals surface area contributed by atoms with Crippen LogP contribution in [0.4, 0.5) is 5.69 Å². The van der Waals surface area contributed by atoms with E-state index >= 15 is 0 Å². The van der Waals surface area contributed by atoms with Crippen LogP contribution >= 0.6 is 0 Å². The number of nitrogens with zero attached hydrogens (tertiary/aromatic N) is 1. The van der Waals surface area contributed by atoms with E-state index in [4.69, 9.17) is 4.74 Å². The molecule has 2 aromatic rings. The highest BCUT2D eigenvalue weighted by Crippen LogP contribution is 2.11. The lowest BCUT2D eigenvalue weighted by Gasteiger charge is -2.07. The first-order valence-corrected chi connectivity index (χ1v) is 7.79. The summed E-state index contributed by atoms with van der Waals surface area (Å²) in [5, 5.41) is 14.2. The van der Waals surface area contributed by atoms with Gasteiger partial charge in [0.15, 0.2) is 18.6 Å². The second kappa shape index (κ2) is 8.58. The number of amides is 1. The molecular weight excluding hydrogens is 324 g/mol. The van der Waals surface area contributed by atoms with Crippen molar-refractivity contribution >= 4 is 23.3 Å². The normalized spacial score (nSPS) is 10.1. The predicted molar refractivity (Wildman–Crippen MR) is 90.0 cm³/mol. The van der Waals surface area contributed by atoms with Gasteiger partial charge in [-0.1, -0.05) is 6.92 Å². The zero-order valence-corrected chi connectivity index (χ0v) is 13.7. The van der Waals surface area contributed by atoms with Gasteiger partial charge in [0.05, 0.1) is 0 Å². The number of pyridine rings is 1. The first kappa shape index (κ1) is 18.1. The van der Waals surface area contributed by atoms with Crippen LogP contribution in [0, 0.1) is 5.21 Å². The molecule has 0 aliphatic rings. The number of rotatable bonds is 7. The summed E-state index contributed by atoms with van der Waals surface area (Å²) >= 11 is 0. The number of carbonyl (C=O) groups excluding carboxylic acids is 3. The van der Waals surface area contributed by atoms with Crippen LogP contribution in [0.5, 0.6) is 0 Å². The van der Waals surface area contributed by atoms with Crippen molar-refractivity contribution in [3.05, 3.63) is 65.1 Å². The molecule has 0 saturated carbocycles. The molecule has 7 heteroatoms. The standard InChI is InChI=1S/C18H18N2O5/c1-2-5-17(22)19-14-9-7-13(8-10-14)16(21)12-25-18(23)15-6-3-4-11-20(15)24/h3-4,6-11H,2,5,12H2,1H3,(H,19,22). The molecule has 7 nitrogen and oxygen atoms in total. The van der Waals surface area contributed by atoms with Crippen LogP contribution in [0.15, 0.2) is 48.7 Å². The molecular formula is C18H18N2O5. The number of hydrogen-bond acceptors (Lipinski definition) is 5. The molecule has 1 N–H and O–H groups in total. The van der Waals surface area contributed by atoms with E-state index in [9.17, 15) is 19.6 Å². The van der Waals surface area contributed by atoms with Crippen LogP contribution in [0.3, 0.4) is 0 Å². The molecule has 1 aromatic carbocycles. The third-order valence-electron chi connectivity index (χ3n) is 3.34. The first-order chi connectivity index (χ1) is 12.0. The van der Waals surface area contributed by atoms with Crippen molar-refractivity contribution in [1.29, 1.82) is 0 Å². The quantitative estimate of drug-likeness (QED) is 0.359. The van der Waals surface area contributed by atoms with Gasteiger partial charge in [-0.05, 0) is 36.8 Å². The number of ketones is 1. The summed E-state index contributed by atoms with van der Waals surface area (Å²) in [4.78, 5) is 35.4. The lowest BCUT2D eigenvalue weighted by atomic mass is 10.1. The number of esters is 1. The van der Waals surface area contributed by atoms with Gasteiger partial charge >= 0.3 is 11.7 Å². The van der Waals surface area contributed by atoms with Crippen molar-refractivity contribution in [3.8, 4) is 0 Å². The summed E-state index contributed by atoms with van der Waals surface area (Å²) in [7, 11) is 0. The van der Waals surface area contributed by atoms with Crippen molar-refractivity contribution in [2.45, 2.75) is 19.8 Å². The number of benzene rings is 1. The maximum absolute atomic E-state index is 12.1. The van der Waals surface area contributed by atoms with Crippen LogP contribution in [-0.2, 0) is 9.53 Å². The highest BCUT2D eigenvalue weighted by Gasteiger charge is 2.18. The molecule has 0 unspecified atom stereocenters. The predicted octanol–water partition coefficient (Wildman–Crippen LogP) is 2.10. The van der Waals surface area contributed by atoms with E-state index in [0.29, 0.717) is 22.4 Å². The number of hydrogen-bond donors (Lipinski definition) is 1. The van der Waals surface area contributed by atoms with Crippen molar-refractivity contribution in [2.75, 3.05) is 11.9 Å². The number of aromatic nitrogens is 1. The van der Waals surface area contributed by atoms with E-state index in [-0.39, 0.29) is 11.6 Å². The Morgan fingerprint density at radius 2 is 1.84 bits per heavy atom. The fourth-order valence-electron chi connectivity index (χ4n) is 2.06. The van der Waals surface area contributed by atoms with Crippen molar-refractivity contribution < 1.29 is 23.9 Å². The van der Waals surface area contributed by atoms with Gasteiger partial charge in [0.2, 0.25) is 5.91 Å². The third kappa shape index (κ3) is 5.13. The zero-order valence-electron chi connectivity index (χ0n) is 13.7. The Morgan fingerprint density at radius 1 is 1.12 bits per heavy atom. The van der Waals surface area contributed by atoms with Crippen LogP contribution in [-0.4, -0.2) is 24.3 Å². The minimum atomic E-state index is -0.868. The minimum Gasteiger partial charge on any atom is -0.618 e. The monoisotopic (exact) mass is 342 g/mol. The average Bonchev–Trinajstić information content (AvgIpc) is 2.60. The second-order valence-corrected chi connectivity index (χ2v) is 5.29. The topological polar surface area (TPSA) is 99.4 Å². The fourth-order valence-corrected chi connectivity index (χ4v) is 2.06. The van der Waals surface area contributed by atoms with Gasteiger partial charge in [0, 0.05) is 29.8 Å². The Morgan fingerprint density at radius 3 is 2.48 bits per heavy atom. The van der Waals surface area contributed by atoms with Crippen LogP contribution < -0.4 is 10.0 Å². The van der Waals surface area contributed by atoms with E-state index in [1.807, 2.05) is 6.92 Å². The zero-order chi connectivity index (χ0) is 18.2. The number of carbonyl (C=O) groups is 3. The lowest BCUT2D eigenvalue weighted by Crippen LogP contribution is -2.35. The molecule has 0 bridgehead atoms. The van der Waals surface area contributed by atoms with E-state index < -0.39 is 18.4 Å². The Labute approximate surface area is 144 Å². The SMILES string of the molecule is CCCC(=O)Nc1ccc(C(=O)COC(=O)c2cccc[n+]2[O-])cc1. The summed E-state index contributed by atoms with van der Waals surface area (Å²) in [5.74, 6) is -1.37. The molecule has 1 amide bonds. The Kier molecular flexibility index (Phi) is 6.22. The summed E-state index contributed by atoms with van der Waals surface area (Å²) in [6.45, 7) is 1.43. The molecule has 130 valence electrons. The van der Waals surface area contributed by atoms with Gasteiger partial charge < -0.3 is 15.3 Å². The first-order valence-electron chi connectivity index (χ1n) is 7.79. The molecule has 0 spiro atoms. The van der Waals surface area contributed by atoms with E-state index in [1.165, 1.54) is 36.5 Å². The molecule has 0 aliphatic heterocycles. The highest BCUT2D eigenvalue weighted by atomic mass is 16.5. The molecule has 1 heterocycles. The van der Waals surface area contributed by atoms with Gasteiger partial charge in [-0.3, -0.25) is 9.59 Å². The maximum Gasteiger partial charge on any atom is 0.405 e. The minimum absolute atomic E-state index is 0.0933. The molecule has 0 saturated heterocycles. The highest BCUT2D eigenvalue weighted by molar-refractivity contribution is 5.99. The van der Waals surface area contributed by atoms with E-state index in [0.717, 1.165) is 6.42 Å². The van der Waals surface area contributed by atoms with Crippen LogP contribution in [0.1, 0.15) is 40.6 Å². The van der Waals surface area contributed by atoms with E-state index in [2.05, 4.69) is 5.32 Å². The Bertz CT molecular complexity index is 771. The van der Waals surface area contributed by atoms with Gasteiger partial charge in [0.25, 0.3) is 0 Å². The largest absolute Gasteiger partial charge is 0.618 e. The summed E-state index contributed by atoms with van der Waals surface area (Å²) in [6.07, 6.45) is 2.35. The average molecular weight is 342 g/mol. The molecule has 0 atom stereocenters. The molecule has 0 aliphatic carbocycles. The molecule has 0 fully saturated rings. The van der Waals surface area contributed by atoms with Crippen LogP contribution in [0.2, 0.25) is 0 Å². The fraction of sp³-hybridized carbons (Fsp3) is 0.222. The summed E-state index contributed by atoms with van der Waals surface area (Å²) in [6, 6.07) is 10.6. The van der Waals surface area contributed by atoms with Crippen molar-refractivity contribution in [3.63, 3.8) is 0 Å². The molecule has 25 heavy (non-hydrogen) atoms. The lowest BCUT2D eigenvalue weighted by molar-refractivity contribution is -0.608. The number of nitrogens with one attached hydrogen (secondary N) is 1. The second-order valence-electron chi connectivity index (χ2n) is 5.29.